The van der Waals surface area contributed by atoms with E-state index in [4.69, 9.17) is 14.6 Å². The molecule has 2 N–H and O–H groups in total. The standard InChI is InChI=1S/C20H20N4O5/c1-12(2)28-15-8-13(19(25)22-18-6-7-24(3)23-18)9-16(10-15)29-14-4-5-17(20(26)27)21-11-14/h4-12H,1-3H3,(H,26,27)(H,22,23,25). The van der Waals surface area contributed by atoms with Crippen LogP contribution in [-0.2, 0) is 7.05 Å². The zero-order valence-corrected chi connectivity index (χ0v) is 16.1. The Morgan fingerprint density at radius 1 is 1.10 bits per heavy atom. The molecule has 0 aliphatic carbocycles. The number of nitrogens with zero attached hydrogens (tertiary/aromatic N) is 3. The Morgan fingerprint density at radius 2 is 1.86 bits per heavy atom. The van der Waals surface area contributed by atoms with Gasteiger partial charge >= 0.3 is 5.97 Å². The molecule has 2 heterocycles. The number of anilines is 1. The summed E-state index contributed by atoms with van der Waals surface area (Å²) in [7, 11) is 1.75. The molecular weight excluding hydrogens is 376 g/mol. The van der Waals surface area contributed by atoms with Gasteiger partial charge in [-0.3, -0.25) is 9.48 Å². The number of aromatic carboxylic acids is 1. The van der Waals surface area contributed by atoms with Gasteiger partial charge in [0.2, 0.25) is 0 Å². The number of carbonyl (C=O) groups excluding carboxylic acids is 1. The fourth-order valence-electron chi connectivity index (χ4n) is 2.48. The van der Waals surface area contributed by atoms with Crippen LogP contribution in [0, 0.1) is 0 Å². The van der Waals surface area contributed by atoms with Crippen molar-refractivity contribution in [3.63, 3.8) is 0 Å². The van der Waals surface area contributed by atoms with Gasteiger partial charge in [-0.05, 0) is 38.1 Å². The van der Waals surface area contributed by atoms with Crippen LogP contribution in [0.25, 0.3) is 0 Å². The Balaban J connectivity index is 1.86. The summed E-state index contributed by atoms with van der Waals surface area (Å²) in [6, 6.07) is 9.30. The lowest BCUT2D eigenvalue weighted by molar-refractivity contribution is 0.0690. The van der Waals surface area contributed by atoms with E-state index in [9.17, 15) is 9.59 Å². The van der Waals surface area contributed by atoms with Gasteiger partial charge in [0, 0.05) is 30.9 Å². The van der Waals surface area contributed by atoms with Crippen molar-refractivity contribution >= 4 is 17.7 Å². The normalized spacial score (nSPS) is 10.6. The van der Waals surface area contributed by atoms with Crippen LogP contribution in [-0.4, -0.2) is 37.9 Å². The molecule has 9 nitrogen and oxygen atoms in total. The molecule has 3 aromatic rings. The summed E-state index contributed by atoms with van der Waals surface area (Å²) in [6.45, 7) is 3.74. The van der Waals surface area contributed by atoms with Gasteiger partial charge in [-0.2, -0.15) is 5.10 Å². The first-order chi connectivity index (χ1) is 13.8. The van der Waals surface area contributed by atoms with Gasteiger partial charge in [0.15, 0.2) is 5.82 Å². The highest BCUT2D eigenvalue weighted by Crippen LogP contribution is 2.28. The molecule has 0 unspecified atom stereocenters. The van der Waals surface area contributed by atoms with Gasteiger partial charge in [-0.25, -0.2) is 9.78 Å². The number of hydrogen-bond acceptors (Lipinski definition) is 6. The molecule has 0 aliphatic heterocycles. The fourth-order valence-corrected chi connectivity index (χ4v) is 2.48. The van der Waals surface area contributed by atoms with Crippen molar-refractivity contribution in [3.05, 3.63) is 60.0 Å². The maximum Gasteiger partial charge on any atom is 0.354 e. The number of hydrogen-bond donors (Lipinski definition) is 2. The lowest BCUT2D eigenvalue weighted by atomic mass is 10.2. The van der Waals surface area contributed by atoms with Gasteiger partial charge in [0.05, 0.1) is 12.3 Å². The molecule has 0 atom stereocenters. The first-order valence-electron chi connectivity index (χ1n) is 8.80. The average Bonchev–Trinajstić information content (AvgIpc) is 3.06. The minimum Gasteiger partial charge on any atom is -0.491 e. The molecule has 9 heteroatoms. The van der Waals surface area contributed by atoms with Crippen LogP contribution in [0.4, 0.5) is 5.82 Å². The monoisotopic (exact) mass is 396 g/mol. The van der Waals surface area contributed by atoms with Crippen molar-refractivity contribution in [2.75, 3.05) is 5.32 Å². The van der Waals surface area contributed by atoms with E-state index in [-0.39, 0.29) is 17.7 Å². The number of aryl methyl sites for hydroxylation is 1. The van der Waals surface area contributed by atoms with E-state index < -0.39 is 5.97 Å². The number of carbonyl (C=O) groups is 2. The summed E-state index contributed by atoms with van der Waals surface area (Å²) in [5.41, 5.74) is 0.226. The Labute approximate surface area is 166 Å². The van der Waals surface area contributed by atoms with Gasteiger partial charge < -0.3 is 19.9 Å². The molecule has 0 saturated heterocycles. The van der Waals surface area contributed by atoms with E-state index in [1.165, 1.54) is 18.3 Å². The second-order valence-corrected chi connectivity index (χ2v) is 6.47. The smallest absolute Gasteiger partial charge is 0.354 e. The van der Waals surface area contributed by atoms with Gasteiger partial charge in [-0.15, -0.1) is 0 Å². The molecule has 0 bridgehead atoms. The molecule has 0 fully saturated rings. The zero-order chi connectivity index (χ0) is 21.0. The van der Waals surface area contributed by atoms with E-state index >= 15 is 0 Å². The maximum absolute atomic E-state index is 12.6. The number of amides is 1. The van der Waals surface area contributed by atoms with Crippen molar-refractivity contribution in [3.8, 4) is 17.2 Å². The van der Waals surface area contributed by atoms with E-state index in [0.29, 0.717) is 28.6 Å². The highest BCUT2D eigenvalue weighted by Gasteiger charge is 2.14. The highest BCUT2D eigenvalue weighted by molar-refractivity contribution is 6.04. The third kappa shape index (κ3) is 5.32. The third-order valence-electron chi connectivity index (χ3n) is 3.66. The number of pyridine rings is 1. The van der Waals surface area contributed by atoms with Crippen molar-refractivity contribution in [2.45, 2.75) is 20.0 Å². The van der Waals surface area contributed by atoms with Crippen molar-refractivity contribution in [1.29, 1.82) is 0 Å². The Bertz CT molecular complexity index is 1030. The van der Waals surface area contributed by atoms with E-state index in [0.717, 1.165) is 0 Å². The third-order valence-corrected chi connectivity index (χ3v) is 3.66. The molecule has 1 aromatic carbocycles. The topological polar surface area (TPSA) is 116 Å². The summed E-state index contributed by atoms with van der Waals surface area (Å²) < 4.78 is 13.0. The highest BCUT2D eigenvalue weighted by atomic mass is 16.5. The van der Waals surface area contributed by atoms with Gasteiger partial charge in [0.1, 0.15) is 22.9 Å². The number of benzene rings is 1. The van der Waals surface area contributed by atoms with Crippen molar-refractivity contribution < 1.29 is 24.2 Å². The van der Waals surface area contributed by atoms with Gasteiger partial charge in [-0.1, -0.05) is 0 Å². The first-order valence-corrected chi connectivity index (χ1v) is 8.80. The largest absolute Gasteiger partial charge is 0.491 e. The second-order valence-electron chi connectivity index (χ2n) is 6.47. The summed E-state index contributed by atoms with van der Waals surface area (Å²) in [5, 5.41) is 15.8. The van der Waals surface area contributed by atoms with E-state index in [2.05, 4.69) is 15.4 Å². The van der Waals surface area contributed by atoms with Gasteiger partial charge in [0.25, 0.3) is 5.91 Å². The first kappa shape index (κ1) is 19.9. The van der Waals surface area contributed by atoms with Crippen molar-refractivity contribution in [1.82, 2.24) is 14.8 Å². The fraction of sp³-hybridized carbons (Fsp3) is 0.200. The molecule has 0 spiro atoms. The number of nitrogens with one attached hydrogen (secondary N) is 1. The zero-order valence-electron chi connectivity index (χ0n) is 16.1. The number of carboxylic acid groups (broad SMARTS) is 1. The van der Waals surface area contributed by atoms with Crippen LogP contribution < -0.4 is 14.8 Å². The maximum atomic E-state index is 12.6. The predicted octanol–water partition coefficient (Wildman–Crippen LogP) is 3.35. The molecule has 1 amide bonds. The van der Waals surface area contributed by atoms with Crippen molar-refractivity contribution in [2.24, 2.45) is 7.05 Å². The molecular formula is C20H20N4O5. The number of rotatable bonds is 7. The lowest BCUT2D eigenvalue weighted by Gasteiger charge is -2.14. The molecule has 29 heavy (non-hydrogen) atoms. The molecule has 0 saturated carbocycles. The van der Waals surface area contributed by atoms with Crippen LogP contribution >= 0.6 is 0 Å². The Morgan fingerprint density at radius 3 is 2.45 bits per heavy atom. The SMILES string of the molecule is CC(C)Oc1cc(Oc2ccc(C(=O)O)nc2)cc(C(=O)Nc2ccn(C)n2)c1. The minimum atomic E-state index is -1.13. The van der Waals surface area contributed by atoms with Crippen LogP contribution in [0.1, 0.15) is 34.7 Å². The number of carboxylic acids is 1. The quantitative estimate of drug-likeness (QED) is 0.629. The number of ether oxygens (including phenoxy) is 2. The molecule has 0 aliphatic rings. The van der Waals surface area contributed by atoms with E-state index in [1.54, 1.807) is 42.2 Å². The summed E-state index contributed by atoms with van der Waals surface area (Å²) in [4.78, 5) is 27.4. The molecule has 3 rings (SSSR count). The average molecular weight is 396 g/mol. The molecule has 150 valence electrons. The van der Waals surface area contributed by atoms with Crippen LogP contribution in [0.5, 0.6) is 17.2 Å². The van der Waals surface area contributed by atoms with Crippen LogP contribution in [0.2, 0.25) is 0 Å². The summed E-state index contributed by atoms with van der Waals surface area (Å²) >= 11 is 0. The van der Waals surface area contributed by atoms with E-state index in [1.807, 2.05) is 13.8 Å². The summed E-state index contributed by atoms with van der Waals surface area (Å²) in [6.07, 6.45) is 2.91. The van der Waals surface area contributed by atoms with Crippen LogP contribution in [0.3, 0.4) is 0 Å². The Kier molecular flexibility index (Phi) is 5.77. The predicted molar refractivity (Wildman–Crippen MR) is 105 cm³/mol. The van der Waals surface area contributed by atoms with Crippen LogP contribution in [0.15, 0.2) is 48.8 Å². The minimum absolute atomic E-state index is 0.0929. The lowest BCUT2D eigenvalue weighted by Crippen LogP contribution is -2.13. The Hall–Kier alpha value is -3.88. The molecule has 0 radical (unpaired) electrons. The number of aromatic nitrogens is 3. The summed E-state index contributed by atoms with van der Waals surface area (Å²) in [5.74, 6) is 0.0498. The molecule has 2 aromatic heterocycles. The second kappa shape index (κ2) is 8.42.